The Labute approximate surface area is 106 Å². The summed E-state index contributed by atoms with van der Waals surface area (Å²) in [6, 6.07) is 0. The molecular weight excluding hydrogens is 214 g/mol. The molecule has 2 unspecified atom stereocenters. The van der Waals surface area contributed by atoms with E-state index in [-0.39, 0.29) is 33.6 Å². The van der Waals surface area contributed by atoms with Gasteiger partial charge in [0.15, 0.2) is 0 Å². The molecule has 0 spiro atoms. The Bertz CT molecular complexity index is 213. The Balaban J connectivity index is 0. The molecule has 1 N–H and O–H groups in total. The average Bonchev–Trinajstić information content (AvgIpc) is 2.01. The Kier molecular flexibility index (Phi) is 6.60. The van der Waals surface area contributed by atoms with Crippen LogP contribution in [0.15, 0.2) is 5.16 Å². The van der Waals surface area contributed by atoms with Crippen LogP contribution in [0.25, 0.3) is 0 Å². The van der Waals surface area contributed by atoms with Crippen molar-refractivity contribution in [1.82, 2.24) is 0 Å². The summed E-state index contributed by atoms with van der Waals surface area (Å²) in [7, 11) is 0. The summed E-state index contributed by atoms with van der Waals surface area (Å²) in [4.78, 5) is 0. The SMILES string of the molecule is CC(C(=NO)C(C)C(C)(C)C)C(C)(C)C.[SiH4]. The fourth-order valence-corrected chi connectivity index (χ4v) is 1.44. The summed E-state index contributed by atoms with van der Waals surface area (Å²) >= 11 is 0. The lowest BCUT2D eigenvalue weighted by atomic mass is 9.69. The molecule has 0 saturated carbocycles. The lowest BCUT2D eigenvalue weighted by Gasteiger charge is -2.35. The molecule has 0 radical (unpaired) electrons. The smallest absolute Gasteiger partial charge is 0.0637 e. The van der Waals surface area contributed by atoms with E-state index in [1.54, 1.807) is 0 Å². The van der Waals surface area contributed by atoms with E-state index in [2.05, 4.69) is 60.5 Å². The van der Waals surface area contributed by atoms with Crippen LogP contribution in [-0.2, 0) is 0 Å². The zero-order chi connectivity index (χ0) is 12.4. The van der Waals surface area contributed by atoms with Gasteiger partial charge in [-0.25, -0.2) is 0 Å². The molecule has 2 atom stereocenters. The topological polar surface area (TPSA) is 32.6 Å². The monoisotopic (exact) mass is 245 g/mol. The molecule has 0 saturated heterocycles. The van der Waals surface area contributed by atoms with Crippen molar-refractivity contribution in [3.63, 3.8) is 0 Å². The summed E-state index contributed by atoms with van der Waals surface area (Å²) in [6.45, 7) is 17.3. The highest BCUT2D eigenvalue weighted by Crippen LogP contribution is 2.35. The number of hydrogen-bond acceptors (Lipinski definition) is 2. The molecule has 0 aromatic rings. The van der Waals surface area contributed by atoms with E-state index in [4.69, 9.17) is 0 Å². The van der Waals surface area contributed by atoms with Gasteiger partial charge in [-0.1, -0.05) is 60.5 Å². The molecule has 0 fully saturated rings. The van der Waals surface area contributed by atoms with Crippen LogP contribution in [0.1, 0.15) is 55.4 Å². The predicted octanol–water partition coefficient (Wildman–Crippen LogP) is 2.73. The third-order valence-electron chi connectivity index (χ3n) is 3.60. The first-order valence-electron chi connectivity index (χ1n) is 5.73. The molecule has 0 bridgehead atoms. The highest BCUT2D eigenvalue weighted by molar-refractivity contribution is 5.89. The maximum absolute atomic E-state index is 9.18. The summed E-state index contributed by atoms with van der Waals surface area (Å²) < 4.78 is 0. The van der Waals surface area contributed by atoms with E-state index in [0.29, 0.717) is 0 Å². The van der Waals surface area contributed by atoms with Gasteiger partial charge in [-0.05, 0) is 21.8 Å². The van der Waals surface area contributed by atoms with Gasteiger partial charge < -0.3 is 5.21 Å². The number of rotatable bonds is 2. The third kappa shape index (κ3) is 4.68. The lowest BCUT2D eigenvalue weighted by molar-refractivity contribution is 0.253. The minimum Gasteiger partial charge on any atom is -0.411 e. The second-order valence-electron chi connectivity index (χ2n) is 6.70. The van der Waals surface area contributed by atoms with Crippen molar-refractivity contribution < 1.29 is 5.21 Å². The molecule has 0 aliphatic heterocycles. The van der Waals surface area contributed by atoms with Crippen LogP contribution < -0.4 is 0 Å². The molecule has 2 nitrogen and oxygen atoms in total. The first-order chi connectivity index (χ1) is 6.51. The largest absolute Gasteiger partial charge is 0.411 e. The van der Waals surface area contributed by atoms with Gasteiger partial charge >= 0.3 is 0 Å². The molecule has 0 heterocycles. The van der Waals surface area contributed by atoms with Crippen molar-refractivity contribution in [2.45, 2.75) is 55.4 Å². The number of oxime groups is 1. The molecule has 0 aromatic heterocycles. The third-order valence-corrected chi connectivity index (χ3v) is 3.60. The average molecular weight is 245 g/mol. The summed E-state index contributed by atoms with van der Waals surface area (Å²) in [5, 5.41) is 12.7. The minimum absolute atomic E-state index is 0. The maximum atomic E-state index is 9.18. The van der Waals surface area contributed by atoms with Gasteiger partial charge in [0.05, 0.1) is 5.71 Å². The van der Waals surface area contributed by atoms with E-state index in [1.807, 2.05) is 0 Å². The van der Waals surface area contributed by atoms with Gasteiger partial charge in [-0.2, -0.15) is 0 Å². The maximum Gasteiger partial charge on any atom is 0.0637 e. The van der Waals surface area contributed by atoms with Crippen LogP contribution in [0.2, 0.25) is 0 Å². The van der Waals surface area contributed by atoms with Crippen molar-refractivity contribution in [3.05, 3.63) is 0 Å². The first-order valence-corrected chi connectivity index (χ1v) is 5.73. The predicted molar refractivity (Wildman–Crippen MR) is 77.8 cm³/mol. The molecule has 0 aliphatic rings. The normalized spacial score (nSPS) is 16.0. The van der Waals surface area contributed by atoms with Gasteiger partial charge in [0, 0.05) is 11.8 Å². The van der Waals surface area contributed by atoms with Crippen molar-refractivity contribution in [2.75, 3.05) is 0 Å². The van der Waals surface area contributed by atoms with E-state index in [1.165, 1.54) is 0 Å². The minimum atomic E-state index is 0. The van der Waals surface area contributed by atoms with Crippen LogP contribution in [0.3, 0.4) is 0 Å². The summed E-state index contributed by atoms with van der Waals surface area (Å²) in [5.41, 5.74) is 1.19. The zero-order valence-corrected chi connectivity index (χ0v) is 11.5. The second-order valence-corrected chi connectivity index (χ2v) is 6.70. The molecule has 3 heteroatoms. The van der Waals surface area contributed by atoms with E-state index in [9.17, 15) is 5.21 Å². The fraction of sp³-hybridized carbons (Fsp3) is 0.923. The number of nitrogens with zero attached hydrogens (tertiary/aromatic N) is 1. The van der Waals surface area contributed by atoms with Gasteiger partial charge in [0.1, 0.15) is 0 Å². The van der Waals surface area contributed by atoms with Gasteiger partial charge in [-0.15, -0.1) is 0 Å². The second kappa shape index (κ2) is 5.85. The van der Waals surface area contributed by atoms with Crippen molar-refractivity contribution in [2.24, 2.45) is 27.8 Å². The van der Waals surface area contributed by atoms with Gasteiger partial charge in [-0.3, -0.25) is 0 Å². The Morgan fingerprint density at radius 3 is 1.25 bits per heavy atom. The molecule has 16 heavy (non-hydrogen) atoms. The summed E-state index contributed by atoms with van der Waals surface area (Å²) in [5.74, 6) is 0.577. The fourth-order valence-electron chi connectivity index (χ4n) is 1.44. The van der Waals surface area contributed by atoms with Gasteiger partial charge in [0.25, 0.3) is 0 Å². The number of hydrogen-bond donors (Lipinski definition) is 1. The molecular formula is C13H31NOSi. The van der Waals surface area contributed by atoms with Crippen LogP contribution in [0.5, 0.6) is 0 Å². The molecule has 0 aliphatic carbocycles. The van der Waals surface area contributed by atoms with Crippen molar-refractivity contribution in [1.29, 1.82) is 0 Å². The Hall–Kier alpha value is -0.313. The molecule has 0 aromatic carbocycles. The van der Waals surface area contributed by atoms with E-state index < -0.39 is 0 Å². The van der Waals surface area contributed by atoms with E-state index >= 15 is 0 Å². The first kappa shape index (κ1) is 18.1. The van der Waals surface area contributed by atoms with Crippen molar-refractivity contribution in [3.8, 4) is 0 Å². The van der Waals surface area contributed by atoms with Crippen LogP contribution >= 0.6 is 0 Å². The molecule has 98 valence electrons. The van der Waals surface area contributed by atoms with Gasteiger partial charge in [0.2, 0.25) is 0 Å². The lowest BCUT2D eigenvalue weighted by Crippen LogP contribution is -2.35. The zero-order valence-electron chi connectivity index (χ0n) is 11.5. The Morgan fingerprint density at radius 2 is 1.12 bits per heavy atom. The quantitative estimate of drug-likeness (QED) is 0.345. The summed E-state index contributed by atoms with van der Waals surface area (Å²) in [6.07, 6.45) is 0. The highest BCUT2D eigenvalue weighted by Gasteiger charge is 2.33. The molecule has 0 rings (SSSR count). The van der Waals surface area contributed by atoms with Crippen LogP contribution in [0, 0.1) is 22.7 Å². The highest BCUT2D eigenvalue weighted by atomic mass is 28.1. The standard InChI is InChI=1S/C13H27NO.H4Si/c1-9(12(3,4)5)11(14-15)10(2)13(6,7)8;/h9-10,15H,1-8H3;1H4. The van der Waals surface area contributed by atoms with Crippen molar-refractivity contribution >= 4 is 16.7 Å². The van der Waals surface area contributed by atoms with E-state index in [0.717, 1.165) is 5.71 Å². The Morgan fingerprint density at radius 1 is 0.875 bits per heavy atom. The molecule has 0 amide bonds. The van der Waals surface area contributed by atoms with Crippen LogP contribution in [-0.4, -0.2) is 21.9 Å². The van der Waals surface area contributed by atoms with Crippen LogP contribution in [0.4, 0.5) is 0 Å².